The van der Waals surface area contributed by atoms with Gasteiger partial charge >= 0.3 is 0 Å². The highest BCUT2D eigenvalue weighted by molar-refractivity contribution is 9.10. The maximum Gasteiger partial charge on any atom is 0.243 e. The molecule has 5 nitrogen and oxygen atoms in total. The zero-order chi connectivity index (χ0) is 19.4. The first-order chi connectivity index (χ1) is 12.9. The zero-order valence-corrected chi connectivity index (χ0v) is 17.7. The summed E-state index contributed by atoms with van der Waals surface area (Å²) in [5, 5.41) is 3.41. The van der Waals surface area contributed by atoms with Crippen molar-refractivity contribution in [1.82, 2.24) is 9.62 Å². The molecular formula is C19H20BrClN2O3S. The summed E-state index contributed by atoms with van der Waals surface area (Å²) >= 11 is 9.43. The maximum absolute atomic E-state index is 13.1. The summed E-state index contributed by atoms with van der Waals surface area (Å²) in [5.41, 5.74) is 0.797. The Bertz CT molecular complexity index is 919. The molecule has 1 N–H and O–H groups in total. The van der Waals surface area contributed by atoms with Crippen LogP contribution in [0.3, 0.4) is 0 Å². The molecule has 0 unspecified atom stereocenters. The van der Waals surface area contributed by atoms with Gasteiger partial charge in [-0.15, -0.1) is 0 Å². The van der Waals surface area contributed by atoms with Gasteiger partial charge in [0, 0.05) is 22.6 Å². The van der Waals surface area contributed by atoms with Crippen LogP contribution < -0.4 is 5.32 Å². The van der Waals surface area contributed by atoms with E-state index in [9.17, 15) is 13.2 Å². The van der Waals surface area contributed by atoms with Crippen LogP contribution in [0.25, 0.3) is 0 Å². The molecule has 144 valence electrons. The van der Waals surface area contributed by atoms with Crippen molar-refractivity contribution in [1.29, 1.82) is 0 Å². The largest absolute Gasteiger partial charge is 0.351 e. The number of carbonyl (C=O) groups is 1. The van der Waals surface area contributed by atoms with Crippen LogP contribution in [0.4, 0.5) is 0 Å². The molecule has 1 heterocycles. The minimum absolute atomic E-state index is 0.191. The molecule has 0 bridgehead atoms. The summed E-state index contributed by atoms with van der Waals surface area (Å²) < 4.78 is 28.2. The van der Waals surface area contributed by atoms with Gasteiger partial charge in [-0.2, -0.15) is 4.31 Å². The van der Waals surface area contributed by atoms with E-state index in [1.54, 1.807) is 30.3 Å². The van der Waals surface area contributed by atoms with E-state index in [0.29, 0.717) is 18.0 Å². The number of hydrogen-bond acceptors (Lipinski definition) is 3. The molecule has 1 amide bonds. The Morgan fingerprint density at radius 2 is 1.85 bits per heavy atom. The van der Waals surface area contributed by atoms with Crippen LogP contribution in [0, 0.1) is 0 Å². The van der Waals surface area contributed by atoms with Crippen molar-refractivity contribution in [2.75, 3.05) is 6.54 Å². The van der Waals surface area contributed by atoms with Gasteiger partial charge in [0.2, 0.25) is 15.9 Å². The lowest BCUT2D eigenvalue weighted by molar-refractivity contribution is -0.125. The number of nitrogens with one attached hydrogen (secondary N) is 1. The number of piperidine rings is 1. The molecule has 1 aliphatic heterocycles. The van der Waals surface area contributed by atoms with Crippen molar-refractivity contribution in [3.05, 3.63) is 63.6 Å². The number of amides is 1. The molecule has 8 heteroatoms. The molecule has 3 rings (SSSR count). The van der Waals surface area contributed by atoms with E-state index >= 15 is 0 Å². The fourth-order valence-corrected chi connectivity index (χ4v) is 5.26. The molecule has 27 heavy (non-hydrogen) atoms. The van der Waals surface area contributed by atoms with Crippen LogP contribution in [0.15, 0.2) is 57.9 Å². The monoisotopic (exact) mass is 470 g/mol. The van der Waals surface area contributed by atoms with Crippen LogP contribution >= 0.6 is 27.5 Å². The molecule has 2 aromatic carbocycles. The summed E-state index contributed by atoms with van der Waals surface area (Å²) in [6, 6.07) is 13.0. The van der Waals surface area contributed by atoms with Crippen molar-refractivity contribution in [3.8, 4) is 0 Å². The molecule has 0 aromatic heterocycles. The van der Waals surface area contributed by atoms with E-state index < -0.39 is 16.1 Å². The lowest BCUT2D eigenvalue weighted by atomic mass is 10.0. The Morgan fingerprint density at radius 3 is 2.56 bits per heavy atom. The van der Waals surface area contributed by atoms with Crippen molar-refractivity contribution < 1.29 is 13.2 Å². The van der Waals surface area contributed by atoms with Gasteiger partial charge in [-0.05, 0) is 48.7 Å². The lowest BCUT2D eigenvalue weighted by Crippen LogP contribution is -2.51. The van der Waals surface area contributed by atoms with Gasteiger partial charge in [0.05, 0.1) is 4.90 Å². The Balaban J connectivity index is 1.77. The van der Waals surface area contributed by atoms with Gasteiger partial charge in [0.15, 0.2) is 0 Å². The molecule has 1 atom stereocenters. The van der Waals surface area contributed by atoms with Gasteiger partial charge in [-0.25, -0.2) is 8.42 Å². The zero-order valence-electron chi connectivity index (χ0n) is 14.6. The number of rotatable bonds is 5. The molecule has 1 fully saturated rings. The van der Waals surface area contributed by atoms with Gasteiger partial charge in [-0.3, -0.25) is 4.79 Å². The highest BCUT2D eigenvalue weighted by Crippen LogP contribution is 2.26. The topological polar surface area (TPSA) is 66.5 Å². The van der Waals surface area contributed by atoms with Gasteiger partial charge in [0.1, 0.15) is 6.04 Å². The average Bonchev–Trinajstić information content (AvgIpc) is 2.67. The number of hydrogen-bond donors (Lipinski definition) is 1. The standard InChI is InChI=1S/C19H20BrClN2O3S/c20-15-8-10-16(11-9-15)27(25,26)23-12-4-3-7-18(23)19(24)22-13-14-5-1-2-6-17(14)21/h1-2,5-6,8-11,18H,3-4,7,12-13H2,(H,22,24)/t18-/m1/s1. The van der Waals surface area contributed by atoms with Crippen molar-refractivity contribution >= 4 is 43.5 Å². The van der Waals surface area contributed by atoms with E-state index in [1.165, 1.54) is 4.31 Å². The minimum atomic E-state index is -3.74. The Kier molecular flexibility index (Phi) is 6.57. The van der Waals surface area contributed by atoms with Crippen LogP contribution in [0.1, 0.15) is 24.8 Å². The predicted molar refractivity (Wildman–Crippen MR) is 109 cm³/mol. The number of sulfonamides is 1. The van der Waals surface area contributed by atoms with Crippen molar-refractivity contribution in [3.63, 3.8) is 0 Å². The highest BCUT2D eigenvalue weighted by atomic mass is 79.9. The van der Waals surface area contributed by atoms with E-state index in [0.717, 1.165) is 22.9 Å². The Labute approximate surface area is 172 Å². The molecule has 0 saturated carbocycles. The Morgan fingerprint density at radius 1 is 1.15 bits per heavy atom. The first-order valence-electron chi connectivity index (χ1n) is 8.68. The number of carbonyl (C=O) groups excluding carboxylic acids is 1. The SMILES string of the molecule is O=C(NCc1ccccc1Cl)[C@H]1CCCCN1S(=O)(=O)c1ccc(Br)cc1. The summed E-state index contributed by atoms with van der Waals surface area (Å²) in [6.07, 6.45) is 2.06. The summed E-state index contributed by atoms with van der Waals surface area (Å²) in [7, 11) is -3.74. The molecule has 1 aliphatic rings. The first kappa shape index (κ1) is 20.3. The summed E-state index contributed by atoms with van der Waals surface area (Å²) in [5.74, 6) is -0.296. The normalized spacial score (nSPS) is 18.2. The van der Waals surface area contributed by atoms with Gasteiger partial charge < -0.3 is 5.32 Å². The van der Waals surface area contributed by atoms with E-state index in [2.05, 4.69) is 21.2 Å². The summed E-state index contributed by atoms with van der Waals surface area (Å²) in [4.78, 5) is 12.9. The third kappa shape index (κ3) is 4.71. The fourth-order valence-electron chi connectivity index (χ4n) is 3.14. The molecule has 1 saturated heterocycles. The second-order valence-corrected chi connectivity index (χ2v) is 9.60. The predicted octanol–water partition coefficient (Wildman–Crippen LogP) is 3.96. The van der Waals surface area contributed by atoms with Crippen LogP contribution in [0.2, 0.25) is 5.02 Å². The smallest absolute Gasteiger partial charge is 0.243 e. The third-order valence-electron chi connectivity index (χ3n) is 4.59. The van der Waals surface area contributed by atoms with Gasteiger partial charge in [-0.1, -0.05) is 52.2 Å². The number of benzene rings is 2. The molecule has 0 radical (unpaired) electrons. The van der Waals surface area contributed by atoms with Crippen molar-refractivity contribution in [2.24, 2.45) is 0 Å². The third-order valence-corrected chi connectivity index (χ3v) is 7.41. The first-order valence-corrected chi connectivity index (χ1v) is 11.3. The number of nitrogens with zero attached hydrogens (tertiary/aromatic N) is 1. The molecule has 2 aromatic rings. The van der Waals surface area contributed by atoms with Crippen LogP contribution in [-0.2, 0) is 21.4 Å². The molecular weight excluding hydrogens is 452 g/mol. The van der Waals surface area contributed by atoms with E-state index in [4.69, 9.17) is 11.6 Å². The average molecular weight is 472 g/mol. The molecule has 0 aliphatic carbocycles. The second kappa shape index (κ2) is 8.73. The maximum atomic E-state index is 13.1. The second-order valence-electron chi connectivity index (χ2n) is 6.39. The van der Waals surface area contributed by atoms with Crippen LogP contribution in [0.5, 0.6) is 0 Å². The van der Waals surface area contributed by atoms with Crippen LogP contribution in [-0.4, -0.2) is 31.2 Å². The fraction of sp³-hybridized carbons (Fsp3) is 0.316. The van der Waals surface area contributed by atoms with E-state index in [1.807, 2.05) is 18.2 Å². The lowest BCUT2D eigenvalue weighted by Gasteiger charge is -2.33. The minimum Gasteiger partial charge on any atom is -0.351 e. The Hall–Kier alpha value is -1.41. The highest BCUT2D eigenvalue weighted by Gasteiger charge is 2.37. The summed E-state index contributed by atoms with van der Waals surface area (Å²) in [6.45, 7) is 0.601. The van der Waals surface area contributed by atoms with Gasteiger partial charge in [0.25, 0.3) is 0 Å². The quantitative estimate of drug-likeness (QED) is 0.718. The number of halogens is 2. The van der Waals surface area contributed by atoms with Crippen molar-refractivity contribution in [2.45, 2.75) is 36.7 Å². The molecule has 0 spiro atoms. The van der Waals surface area contributed by atoms with E-state index in [-0.39, 0.29) is 17.3 Å².